The van der Waals surface area contributed by atoms with E-state index in [4.69, 9.17) is 27.8 Å². The zero-order chi connectivity index (χ0) is 35.2. The fourth-order valence-corrected chi connectivity index (χ4v) is 10.3. The molecule has 0 aliphatic heterocycles. The van der Waals surface area contributed by atoms with Crippen molar-refractivity contribution in [1.29, 1.82) is 0 Å². The molecule has 5 aliphatic carbocycles. The average Bonchev–Trinajstić information content (AvgIpc) is 2.98. The normalized spacial score (nSPS) is 29.2. The Morgan fingerprint density at radius 3 is 1.60 bits per heavy atom. The highest BCUT2D eigenvalue weighted by molar-refractivity contribution is 6.70. The third-order valence-corrected chi connectivity index (χ3v) is 13.0. The summed E-state index contributed by atoms with van der Waals surface area (Å²) in [6, 6.07) is 3.83. The summed E-state index contributed by atoms with van der Waals surface area (Å²) in [5.74, 6) is 1.31. The van der Waals surface area contributed by atoms with E-state index in [9.17, 15) is 9.59 Å². The van der Waals surface area contributed by atoms with Crippen LogP contribution in [0.4, 0.5) is 0 Å². The Hall–Kier alpha value is -2.75. The third kappa shape index (κ3) is 4.55. The van der Waals surface area contributed by atoms with E-state index >= 15 is 0 Å². The summed E-state index contributed by atoms with van der Waals surface area (Å²) < 4.78 is 36.5. The van der Waals surface area contributed by atoms with Crippen LogP contribution >= 0.6 is 0 Å². The second kappa shape index (κ2) is 11.4. The highest BCUT2D eigenvalue weighted by Crippen LogP contribution is 2.89. The molecule has 0 aromatic heterocycles. The van der Waals surface area contributed by atoms with Gasteiger partial charge in [-0.05, 0) is 75.4 Å². The molecule has 4 unspecified atom stereocenters. The Labute approximate surface area is 287 Å². The van der Waals surface area contributed by atoms with E-state index in [1.807, 2.05) is 12.1 Å². The number of rotatable bonds is 14. The number of likely N-dealkylation sites (N-methyl/N-ethyl adjacent to an activating group) is 2. The maximum atomic E-state index is 14.1. The molecular weight excluding hydrogens is 645 g/mol. The number of hydrogen-bond donors (Lipinski definition) is 0. The molecule has 0 bridgehead atoms. The minimum Gasteiger partial charge on any atom is -0.467 e. The van der Waals surface area contributed by atoms with E-state index in [1.165, 1.54) is 5.57 Å². The maximum absolute atomic E-state index is 14.1. The molecule has 0 saturated heterocycles. The largest absolute Gasteiger partial charge is 0.467 e. The quantitative estimate of drug-likeness (QED) is 0.153. The molecule has 2 amide bonds. The van der Waals surface area contributed by atoms with Crippen molar-refractivity contribution in [3.63, 3.8) is 0 Å². The number of carbonyl (C=O) groups is 2. The lowest BCUT2D eigenvalue weighted by Gasteiger charge is -2.81. The van der Waals surface area contributed by atoms with Gasteiger partial charge in [-0.2, -0.15) is 0 Å². The van der Waals surface area contributed by atoms with Crippen LogP contribution in [-0.2, 0) is 38.7 Å². The number of allylic oxidation sites excluding steroid dienone is 2. The Balaban J connectivity index is 1.61. The number of benzene rings is 1. The van der Waals surface area contributed by atoms with Crippen molar-refractivity contribution in [1.82, 2.24) is 9.80 Å². The van der Waals surface area contributed by atoms with Crippen molar-refractivity contribution >= 4 is 28.4 Å². The zero-order valence-electron chi connectivity index (χ0n) is 30.7. The molecule has 48 heavy (non-hydrogen) atoms. The van der Waals surface area contributed by atoms with Crippen LogP contribution in [0.5, 0.6) is 11.5 Å². The summed E-state index contributed by atoms with van der Waals surface area (Å²) in [7, 11) is 6.53. The predicted octanol–water partition coefficient (Wildman–Crippen LogP) is 4.98. The molecule has 0 spiro atoms. The monoisotopic (exact) mass is 696 g/mol. The molecule has 10 nitrogen and oxygen atoms in total. The molecule has 12 heteroatoms. The van der Waals surface area contributed by atoms with Gasteiger partial charge in [-0.1, -0.05) is 12.2 Å². The summed E-state index contributed by atoms with van der Waals surface area (Å²) >= 11 is 0. The van der Waals surface area contributed by atoms with Crippen molar-refractivity contribution in [2.75, 3.05) is 69.2 Å². The van der Waals surface area contributed by atoms with Crippen LogP contribution < -0.4 is 9.47 Å². The molecule has 0 N–H and O–H groups in total. The van der Waals surface area contributed by atoms with E-state index in [-0.39, 0.29) is 25.4 Å². The molecule has 0 heterocycles. The highest BCUT2D eigenvalue weighted by atomic mass is 28.4. The number of methoxy groups -OCH3 is 2. The van der Waals surface area contributed by atoms with E-state index in [2.05, 4.69) is 51.4 Å². The van der Waals surface area contributed by atoms with Gasteiger partial charge in [-0.15, -0.1) is 0 Å². The first-order valence-corrected chi connectivity index (χ1v) is 23.5. The lowest BCUT2D eigenvalue weighted by atomic mass is 9.20. The Kier molecular flexibility index (Phi) is 8.33. The number of carbonyl (C=O) groups excluding carboxylic acids is 2. The van der Waals surface area contributed by atoms with Crippen molar-refractivity contribution < 1.29 is 37.4 Å². The standard InChI is InChI=1S/C36H52N2O8Si2/c1-37(2)31(39)23-15-33-19-34-16-24(32(40)38(3)4)36(34,30-28(44-22-42-6)14-13-27(29(30)34)43-21-41-5)20-35(23,33)26(18-46-48(10,11)12)25(33)17-45-47(7,8)9/h13-16H,17-22H2,1-12H3. The van der Waals surface area contributed by atoms with Crippen LogP contribution in [0, 0.1) is 10.8 Å². The van der Waals surface area contributed by atoms with Crippen LogP contribution in [-0.4, -0.2) is 107 Å². The van der Waals surface area contributed by atoms with Gasteiger partial charge >= 0.3 is 0 Å². The molecule has 5 aliphatic rings. The van der Waals surface area contributed by atoms with Crippen LogP contribution in [0.1, 0.15) is 24.0 Å². The highest BCUT2D eigenvalue weighted by Gasteiger charge is 2.86. The van der Waals surface area contributed by atoms with Crippen LogP contribution in [0.2, 0.25) is 39.3 Å². The Morgan fingerprint density at radius 1 is 0.667 bits per heavy atom. The van der Waals surface area contributed by atoms with Gasteiger partial charge in [0.2, 0.25) is 11.8 Å². The fraction of sp³-hybridized carbons (Fsp3) is 0.611. The summed E-state index contributed by atoms with van der Waals surface area (Å²) in [6.45, 7) is 14.2. The molecule has 6 rings (SSSR count). The van der Waals surface area contributed by atoms with Gasteiger partial charge in [0.15, 0.2) is 30.2 Å². The predicted molar refractivity (Wildman–Crippen MR) is 188 cm³/mol. The van der Waals surface area contributed by atoms with Crippen molar-refractivity contribution in [2.45, 2.75) is 63.0 Å². The lowest BCUT2D eigenvalue weighted by Crippen LogP contribution is -2.80. The zero-order valence-corrected chi connectivity index (χ0v) is 32.7. The van der Waals surface area contributed by atoms with Crippen LogP contribution in [0.3, 0.4) is 0 Å². The first-order valence-electron chi connectivity index (χ1n) is 16.7. The number of nitrogens with zero attached hydrogens (tertiary/aromatic N) is 2. The maximum Gasteiger partial charge on any atom is 0.249 e. The van der Waals surface area contributed by atoms with Gasteiger partial charge in [-0.3, -0.25) is 9.59 Å². The third-order valence-electron chi connectivity index (χ3n) is 11.0. The second-order valence-corrected chi connectivity index (χ2v) is 25.3. The van der Waals surface area contributed by atoms with Gasteiger partial charge in [0.25, 0.3) is 0 Å². The first-order chi connectivity index (χ1) is 22.4. The Bertz CT molecular complexity index is 1650. The first kappa shape index (κ1) is 35.1. The number of ether oxygens (including phenoxy) is 4. The van der Waals surface area contributed by atoms with E-state index in [0.29, 0.717) is 37.6 Å². The second-order valence-electron chi connectivity index (χ2n) is 16.3. The molecule has 1 saturated carbocycles. The number of amides is 2. The smallest absolute Gasteiger partial charge is 0.249 e. The molecule has 1 aromatic rings. The molecule has 262 valence electrons. The minimum atomic E-state index is -1.95. The van der Waals surface area contributed by atoms with Gasteiger partial charge < -0.3 is 37.6 Å². The van der Waals surface area contributed by atoms with Crippen molar-refractivity contribution in [3.05, 3.63) is 57.7 Å². The van der Waals surface area contributed by atoms with E-state index in [1.54, 1.807) is 52.2 Å². The van der Waals surface area contributed by atoms with Crippen molar-refractivity contribution in [3.8, 4) is 11.5 Å². The molecule has 0 radical (unpaired) electrons. The number of fused-ring (bicyclic) bond motifs is 1. The van der Waals surface area contributed by atoms with Gasteiger partial charge in [0.1, 0.15) is 11.5 Å². The van der Waals surface area contributed by atoms with E-state index < -0.39 is 38.3 Å². The van der Waals surface area contributed by atoms with Gasteiger partial charge in [-0.25, -0.2) is 0 Å². The fourth-order valence-electron chi connectivity index (χ4n) is 9.16. The lowest BCUT2D eigenvalue weighted by molar-refractivity contribution is -0.136. The summed E-state index contributed by atoms with van der Waals surface area (Å²) in [5.41, 5.74) is 3.53. The molecule has 4 atom stereocenters. The van der Waals surface area contributed by atoms with E-state index in [0.717, 1.165) is 27.8 Å². The van der Waals surface area contributed by atoms with Crippen LogP contribution in [0.25, 0.3) is 0 Å². The van der Waals surface area contributed by atoms with Gasteiger partial charge in [0.05, 0.1) is 13.2 Å². The summed E-state index contributed by atoms with van der Waals surface area (Å²) in [4.78, 5) is 31.5. The van der Waals surface area contributed by atoms with Crippen LogP contribution in [0.15, 0.2) is 46.6 Å². The number of hydrogen-bond acceptors (Lipinski definition) is 8. The van der Waals surface area contributed by atoms with Crippen molar-refractivity contribution in [2.24, 2.45) is 10.8 Å². The molecule has 1 aromatic carbocycles. The molecule has 1 fully saturated rings. The SMILES string of the molecule is COCOc1ccc(OCOC)c2c1C13C=C(C(=O)N(C)C)C21CC12C(C(=O)N(C)C)=CC1(C3)C(CO[Si](C)(C)C)=C2CO[Si](C)(C)C. The summed E-state index contributed by atoms with van der Waals surface area (Å²) in [5, 5.41) is 0. The summed E-state index contributed by atoms with van der Waals surface area (Å²) in [6.07, 6.45) is 5.61. The topological polar surface area (TPSA) is 96.0 Å². The Morgan fingerprint density at radius 2 is 1.12 bits per heavy atom. The average molecular weight is 697 g/mol. The molecular formula is C36H52N2O8Si2. The minimum absolute atomic E-state index is 0.0124. The van der Waals surface area contributed by atoms with Gasteiger partial charge in [0, 0.05) is 86.3 Å².